The number of fused-ring (bicyclic) bond motifs is 1. The van der Waals surface area contributed by atoms with E-state index in [-0.39, 0.29) is 18.8 Å². The van der Waals surface area contributed by atoms with Crippen molar-refractivity contribution in [1.29, 1.82) is 0 Å². The lowest BCUT2D eigenvalue weighted by atomic mass is 10.1. The van der Waals surface area contributed by atoms with Gasteiger partial charge in [-0.25, -0.2) is 9.78 Å². The van der Waals surface area contributed by atoms with Crippen LogP contribution in [0.15, 0.2) is 62.8 Å². The molecule has 1 aliphatic heterocycles. The summed E-state index contributed by atoms with van der Waals surface area (Å²) in [4.78, 5) is 45.6. The third-order valence-corrected chi connectivity index (χ3v) is 6.81. The SMILES string of the molecule is CCc1nc2ccccn2c1C(=O)c1cccs1.Cc1cn([C@H]2C[C@H](N=[N+]=[N-])[C@@H](CO)O2)c(=O)[nH]c1=O. The number of aryl methyl sites for hydroxylation is 2. The number of H-pyrrole nitrogens is 1. The maximum atomic E-state index is 12.5. The van der Waals surface area contributed by atoms with E-state index in [9.17, 15) is 14.4 Å². The number of ketones is 1. The predicted molar refractivity (Wildman–Crippen MR) is 137 cm³/mol. The average Bonchev–Trinajstić information content (AvgIpc) is 3.65. The number of nitrogens with one attached hydrogen (secondary N) is 1. The molecule has 3 atom stereocenters. The molecule has 0 unspecified atom stereocenters. The van der Waals surface area contributed by atoms with Gasteiger partial charge in [0.15, 0.2) is 0 Å². The summed E-state index contributed by atoms with van der Waals surface area (Å²) in [5, 5.41) is 14.6. The van der Waals surface area contributed by atoms with Gasteiger partial charge in [0.2, 0.25) is 5.78 Å². The minimum atomic E-state index is -0.671. The topological polar surface area (TPSA) is 167 Å². The maximum Gasteiger partial charge on any atom is 0.330 e. The summed E-state index contributed by atoms with van der Waals surface area (Å²) >= 11 is 1.47. The highest BCUT2D eigenvalue weighted by Gasteiger charge is 2.35. The van der Waals surface area contributed by atoms with Crippen LogP contribution in [0, 0.1) is 6.92 Å². The van der Waals surface area contributed by atoms with Crippen LogP contribution in [0.3, 0.4) is 0 Å². The van der Waals surface area contributed by atoms with Crippen LogP contribution >= 0.6 is 11.3 Å². The van der Waals surface area contributed by atoms with Gasteiger partial charge in [0, 0.05) is 29.3 Å². The molecular formula is C24H25N7O5S. The zero-order valence-electron chi connectivity index (χ0n) is 20.1. The number of rotatable bonds is 6. The average molecular weight is 524 g/mol. The largest absolute Gasteiger partial charge is 0.394 e. The molecule has 5 heterocycles. The van der Waals surface area contributed by atoms with Crippen LogP contribution in [0.25, 0.3) is 16.1 Å². The Kier molecular flexibility index (Phi) is 7.99. The number of aromatic nitrogens is 4. The second-order valence-electron chi connectivity index (χ2n) is 8.29. The molecule has 4 aromatic heterocycles. The minimum absolute atomic E-state index is 0.0561. The summed E-state index contributed by atoms with van der Waals surface area (Å²) < 4.78 is 8.57. The first-order valence-corrected chi connectivity index (χ1v) is 12.4. The Labute approximate surface area is 214 Å². The van der Waals surface area contributed by atoms with Gasteiger partial charge >= 0.3 is 5.69 Å². The fourth-order valence-electron chi connectivity index (χ4n) is 4.09. The molecule has 1 aliphatic rings. The zero-order chi connectivity index (χ0) is 26.5. The lowest BCUT2D eigenvalue weighted by Gasteiger charge is -2.14. The molecule has 0 saturated carbocycles. The predicted octanol–water partition coefficient (Wildman–Crippen LogP) is 2.99. The Morgan fingerprint density at radius 2 is 2.16 bits per heavy atom. The molecule has 13 heteroatoms. The number of azide groups is 1. The normalized spacial score (nSPS) is 18.7. The molecule has 1 saturated heterocycles. The molecule has 1 fully saturated rings. The number of aliphatic hydroxyl groups excluding tert-OH is 1. The third-order valence-electron chi connectivity index (χ3n) is 5.94. The standard InChI is InChI=1S/C14H12N2OS.C10H13N5O4/c1-2-10-13(14(17)11-6-5-9-18-11)16-8-4-3-7-12(16)15-10;1-5-3-15(10(18)12-9(5)17)8-2-6(13-14-11)7(4-16)19-8/h3-9H,2H2,1H3;3,6-8,16H,2,4H2,1H3,(H,12,17,18)/t;6-,7+,8+/m.0/s1. The molecule has 5 rings (SSSR count). The number of nitrogens with zero attached hydrogens (tertiary/aromatic N) is 6. The number of aliphatic hydroxyl groups is 1. The molecule has 0 bridgehead atoms. The smallest absolute Gasteiger partial charge is 0.330 e. The number of hydrogen-bond acceptors (Lipinski definition) is 8. The zero-order valence-corrected chi connectivity index (χ0v) is 21.0. The first-order valence-electron chi connectivity index (χ1n) is 11.5. The summed E-state index contributed by atoms with van der Waals surface area (Å²) in [5.41, 5.74) is 10.1. The molecule has 2 N–H and O–H groups in total. The first-order chi connectivity index (χ1) is 17.9. The number of pyridine rings is 1. The van der Waals surface area contributed by atoms with Crippen LogP contribution in [0.1, 0.15) is 46.2 Å². The van der Waals surface area contributed by atoms with Crippen LogP contribution < -0.4 is 11.2 Å². The van der Waals surface area contributed by atoms with Crippen molar-refractivity contribution in [1.82, 2.24) is 18.9 Å². The molecule has 0 radical (unpaired) electrons. The summed E-state index contributed by atoms with van der Waals surface area (Å²) in [5.74, 6) is 0.0561. The second-order valence-corrected chi connectivity index (χ2v) is 9.24. The van der Waals surface area contributed by atoms with E-state index in [0.29, 0.717) is 11.3 Å². The molecule has 192 valence electrons. The molecule has 0 amide bonds. The minimum Gasteiger partial charge on any atom is -0.394 e. The molecule has 0 aliphatic carbocycles. The van der Waals surface area contributed by atoms with Crippen molar-refractivity contribution in [2.75, 3.05) is 6.61 Å². The quantitative estimate of drug-likeness (QED) is 0.170. The summed E-state index contributed by atoms with van der Waals surface area (Å²) in [6, 6.07) is 8.98. The van der Waals surface area contributed by atoms with E-state index in [4.69, 9.17) is 15.4 Å². The second kappa shape index (κ2) is 11.4. The molecule has 12 nitrogen and oxygen atoms in total. The molecule has 37 heavy (non-hydrogen) atoms. The van der Waals surface area contributed by atoms with Crippen molar-refractivity contribution in [3.05, 3.63) is 101 Å². The van der Waals surface area contributed by atoms with Crippen LogP contribution in [0.5, 0.6) is 0 Å². The first kappa shape index (κ1) is 26.0. The van der Waals surface area contributed by atoms with E-state index >= 15 is 0 Å². The van der Waals surface area contributed by atoms with Gasteiger partial charge in [-0.05, 0) is 42.5 Å². The summed E-state index contributed by atoms with van der Waals surface area (Å²) in [6.45, 7) is 3.28. The van der Waals surface area contributed by atoms with E-state index in [0.717, 1.165) is 22.6 Å². The number of hydrogen-bond donors (Lipinski definition) is 2. The summed E-state index contributed by atoms with van der Waals surface area (Å²) in [6.07, 6.45) is 2.98. The Hall–Kier alpha value is -4.03. The van der Waals surface area contributed by atoms with Crippen molar-refractivity contribution in [3.63, 3.8) is 0 Å². The molecule has 4 aromatic rings. The Morgan fingerprint density at radius 1 is 1.35 bits per heavy atom. The van der Waals surface area contributed by atoms with Gasteiger partial charge in [0.1, 0.15) is 17.6 Å². The molecule has 0 spiro atoms. The van der Waals surface area contributed by atoms with Crippen LogP contribution in [-0.4, -0.2) is 48.6 Å². The summed E-state index contributed by atoms with van der Waals surface area (Å²) in [7, 11) is 0. The highest BCUT2D eigenvalue weighted by atomic mass is 32.1. The lowest BCUT2D eigenvalue weighted by molar-refractivity contribution is -0.0271. The highest BCUT2D eigenvalue weighted by molar-refractivity contribution is 7.12. The van der Waals surface area contributed by atoms with E-state index in [1.54, 1.807) is 6.92 Å². The number of carbonyl (C=O) groups excluding carboxylic acids is 1. The number of thiophene rings is 1. The fraction of sp³-hybridized carbons (Fsp3) is 0.333. The van der Waals surface area contributed by atoms with Gasteiger partial charge in [-0.1, -0.05) is 24.2 Å². The van der Waals surface area contributed by atoms with Gasteiger partial charge in [-0.15, -0.1) is 11.3 Å². The number of aromatic amines is 1. The van der Waals surface area contributed by atoms with Gasteiger partial charge in [0.25, 0.3) is 5.56 Å². The van der Waals surface area contributed by atoms with Gasteiger partial charge in [-0.2, -0.15) is 0 Å². The van der Waals surface area contributed by atoms with Crippen molar-refractivity contribution >= 4 is 22.8 Å². The molecule has 0 aromatic carbocycles. The third kappa shape index (κ3) is 5.39. The van der Waals surface area contributed by atoms with E-state index in [2.05, 4.69) is 20.0 Å². The number of ether oxygens (including phenoxy) is 1. The van der Waals surface area contributed by atoms with E-state index in [1.807, 2.05) is 53.2 Å². The van der Waals surface area contributed by atoms with Crippen molar-refractivity contribution in [2.24, 2.45) is 5.11 Å². The van der Waals surface area contributed by atoms with Crippen molar-refractivity contribution in [2.45, 2.75) is 45.1 Å². The maximum absolute atomic E-state index is 12.5. The van der Waals surface area contributed by atoms with Gasteiger partial charge < -0.3 is 9.84 Å². The Balaban J connectivity index is 0.000000173. The van der Waals surface area contributed by atoms with E-state index < -0.39 is 29.6 Å². The van der Waals surface area contributed by atoms with Crippen LogP contribution in [0.4, 0.5) is 0 Å². The van der Waals surface area contributed by atoms with Crippen molar-refractivity contribution < 1.29 is 14.6 Å². The van der Waals surface area contributed by atoms with Crippen molar-refractivity contribution in [3.8, 4) is 0 Å². The molecular weight excluding hydrogens is 498 g/mol. The number of imidazole rings is 1. The Morgan fingerprint density at radius 3 is 2.84 bits per heavy atom. The Bertz CT molecular complexity index is 1570. The van der Waals surface area contributed by atoms with Crippen LogP contribution in [-0.2, 0) is 11.2 Å². The monoisotopic (exact) mass is 523 g/mol. The fourth-order valence-corrected chi connectivity index (χ4v) is 4.76. The van der Waals surface area contributed by atoms with Gasteiger partial charge in [-0.3, -0.25) is 23.5 Å². The number of carbonyl (C=O) groups is 1. The highest BCUT2D eigenvalue weighted by Crippen LogP contribution is 2.29. The van der Waals surface area contributed by atoms with Crippen LogP contribution in [0.2, 0.25) is 0 Å². The lowest BCUT2D eigenvalue weighted by Crippen LogP contribution is -2.33. The van der Waals surface area contributed by atoms with Gasteiger partial charge in [0.05, 0.1) is 29.3 Å². The van der Waals surface area contributed by atoms with E-state index in [1.165, 1.54) is 22.1 Å².